The number of carbonyl (C=O) groups excluding carboxylic acids is 3. The number of nitrogens with zero attached hydrogens (tertiary/aromatic N) is 1. The van der Waals surface area contributed by atoms with Crippen molar-refractivity contribution in [2.75, 3.05) is 26.2 Å². The van der Waals surface area contributed by atoms with E-state index in [-0.39, 0.29) is 31.8 Å². The SMILES string of the molecule is CCCCCCCC/C=C\CCCCCCCC(=O)N(CCCCCCCCCCCCCCCCCC)[C@@]1(NC(=O)CNC(=O)CN)C[C@@H](O)[C@H](O)[C@@H](CO)O1. The Morgan fingerprint density at radius 3 is 1.56 bits per heavy atom. The summed E-state index contributed by atoms with van der Waals surface area (Å²) in [7, 11) is 0. The monoisotopic (exact) mass is 809 g/mol. The van der Waals surface area contributed by atoms with Gasteiger partial charge in [0.1, 0.15) is 12.2 Å². The Morgan fingerprint density at radius 2 is 1.11 bits per heavy atom. The molecule has 1 saturated heterocycles. The quantitative estimate of drug-likeness (QED) is 0.0205. The van der Waals surface area contributed by atoms with Crippen LogP contribution in [0.1, 0.15) is 213 Å². The molecule has 0 aromatic carbocycles. The molecule has 57 heavy (non-hydrogen) atoms. The fourth-order valence-corrected chi connectivity index (χ4v) is 7.81. The Hall–Kier alpha value is -2.05. The van der Waals surface area contributed by atoms with Gasteiger partial charge < -0.3 is 36.4 Å². The van der Waals surface area contributed by atoms with Crippen molar-refractivity contribution >= 4 is 17.7 Å². The number of allylic oxidation sites excluding steroid dienone is 2. The van der Waals surface area contributed by atoms with Gasteiger partial charge >= 0.3 is 0 Å². The molecule has 7 N–H and O–H groups in total. The van der Waals surface area contributed by atoms with Crippen LogP contribution >= 0.6 is 0 Å². The molecule has 0 spiro atoms. The van der Waals surface area contributed by atoms with E-state index < -0.39 is 49.1 Å². The third-order valence-electron chi connectivity index (χ3n) is 11.4. The van der Waals surface area contributed by atoms with Crippen LogP contribution in [0.5, 0.6) is 0 Å². The maximum absolute atomic E-state index is 14.0. The third kappa shape index (κ3) is 25.9. The molecule has 11 heteroatoms. The second-order valence-electron chi connectivity index (χ2n) is 16.6. The Morgan fingerprint density at radius 1 is 0.667 bits per heavy atom. The normalized spacial score (nSPS) is 19.6. The van der Waals surface area contributed by atoms with Crippen molar-refractivity contribution in [3.8, 4) is 0 Å². The van der Waals surface area contributed by atoms with Gasteiger partial charge in [0.15, 0.2) is 0 Å². The minimum atomic E-state index is -1.80. The summed E-state index contributed by atoms with van der Waals surface area (Å²) in [6, 6.07) is 0. The van der Waals surface area contributed by atoms with Crippen LogP contribution in [0.15, 0.2) is 12.2 Å². The largest absolute Gasteiger partial charge is 0.394 e. The summed E-state index contributed by atoms with van der Waals surface area (Å²) in [6.07, 6.45) is 35.1. The first-order valence-electron chi connectivity index (χ1n) is 23.6. The fourth-order valence-electron chi connectivity index (χ4n) is 7.81. The van der Waals surface area contributed by atoms with Crippen LogP contribution in [0.25, 0.3) is 0 Å². The lowest BCUT2D eigenvalue weighted by atomic mass is 9.96. The lowest BCUT2D eigenvalue weighted by Crippen LogP contribution is -2.72. The van der Waals surface area contributed by atoms with Crippen LogP contribution in [-0.4, -0.2) is 88.3 Å². The first-order valence-corrected chi connectivity index (χ1v) is 23.6. The van der Waals surface area contributed by atoms with Crippen LogP contribution < -0.4 is 16.4 Å². The van der Waals surface area contributed by atoms with Crippen LogP contribution in [0.4, 0.5) is 0 Å². The number of nitrogens with one attached hydrogen (secondary N) is 2. The van der Waals surface area contributed by atoms with E-state index in [4.69, 9.17) is 10.5 Å². The number of ether oxygens (including phenoxy) is 1. The highest BCUT2D eigenvalue weighted by atomic mass is 16.6. The summed E-state index contributed by atoms with van der Waals surface area (Å²) >= 11 is 0. The molecule has 11 nitrogen and oxygen atoms in total. The van der Waals surface area contributed by atoms with Crippen molar-refractivity contribution in [3.05, 3.63) is 12.2 Å². The summed E-state index contributed by atoms with van der Waals surface area (Å²) in [5, 5.41) is 36.8. The average Bonchev–Trinajstić information content (AvgIpc) is 3.20. The Kier molecular flexibility index (Phi) is 33.3. The number of hydrogen-bond donors (Lipinski definition) is 6. The molecule has 1 rings (SSSR count). The minimum Gasteiger partial charge on any atom is -0.394 e. The van der Waals surface area contributed by atoms with Crippen LogP contribution in [-0.2, 0) is 19.1 Å². The maximum atomic E-state index is 14.0. The van der Waals surface area contributed by atoms with E-state index in [0.717, 1.165) is 57.8 Å². The van der Waals surface area contributed by atoms with E-state index in [9.17, 15) is 29.7 Å². The van der Waals surface area contributed by atoms with E-state index in [1.54, 1.807) is 0 Å². The summed E-state index contributed by atoms with van der Waals surface area (Å²) in [6.45, 7) is 3.48. The maximum Gasteiger partial charge on any atom is 0.243 e. The number of carbonyl (C=O) groups is 3. The molecule has 0 bridgehead atoms. The fraction of sp³-hybridized carbons (Fsp3) is 0.891. The van der Waals surface area contributed by atoms with Crippen molar-refractivity contribution < 1.29 is 34.4 Å². The zero-order valence-corrected chi connectivity index (χ0v) is 36.6. The molecule has 0 aliphatic carbocycles. The standard InChI is InChI=1S/C46H88N4O7/c1-3-5-7-9-11-13-15-17-19-21-23-25-27-29-31-33-35-50(44(55)34-32-30-28-26-24-22-20-18-16-14-12-10-8-6-4-2)46(49-43(54)38-48-42(53)37-47)36-40(52)45(56)41(39-51)57-46/h18,20,40-41,45,51-52,56H,3-17,19,21-39,47H2,1-2H3,(H,48,53)(H,49,54)/b20-18-/t40-,41-,45+,46+/m1/s1. The van der Waals surface area contributed by atoms with E-state index in [1.165, 1.54) is 120 Å². The molecule has 4 atom stereocenters. The highest BCUT2D eigenvalue weighted by Crippen LogP contribution is 2.32. The van der Waals surface area contributed by atoms with Crippen molar-refractivity contribution in [2.45, 2.75) is 237 Å². The van der Waals surface area contributed by atoms with E-state index in [2.05, 4.69) is 36.6 Å². The second kappa shape index (κ2) is 35.9. The smallest absolute Gasteiger partial charge is 0.243 e. The van der Waals surface area contributed by atoms with Crippen molar-refractivity contribution in [3.63, 3.8) is 0 Å². The molecule has 0 saturated carbocycles. The molecule has 1 aliphatic heterocycles. The van der Waals surface area contributed by atoms with Crippen LogP contribution in [0.3, 0.4) is 0 Å². The molecular formula is C46H88N4O7. The Bertz CT molecular complexity index is 1030. The minimum absolute atomic E-state index is 0.222. The number of aliphatic hydroxyl groups excluding tert-OH is 3. The first-order chi connectivity index (χ1) is 27.7. The highest BCUT2D eigenvalue weighted by Gasteiger charge is 2.52. The first kappa shape index (κ1) is 53.0. The molecule has 3 amide bonds. The number of unbranched alkanes of at least 4 members (excludes halogenated alkanes) is 26. The Balaban J connectivity index is 2.70. The third-order valence-corrected chi connectivity index (χ3v) is 11.4. The van der Waals surface area contributed by atoms with Gasteiger partial charge in [-0.05, 0) is 38.5 Å². The van der Waals surface area contributed by atoms with Gasteiger partial charge in [-0.15, -0.1) is 0 Å². The van der Waals surface area contributed by atoms with Gasteiger partial charge in [-0.25, -0.2) is 0 Å². The van der Waals surface area contributed by atoms with E-state index >= 15 is 0 Å². The predicted octanol–water partition coefficient (Wildman–Crippen LogP) is 8.46. The zero-order chi connectivity index (χ0) is 41.8. The summed E-state index contributed by atoms with van der Waals surface area (Å²) in [5.41, 5.74) is 5.39. The predicted molar refractivity (Wildman–Crippen MR) is 232 cm³/mol. The number of rotatable bonds is 38. The molecule has 1 heterocycles. The topological polar surface area (TPSA) is 174 Å². The lowest BCUT2D eigenvalue weighted by molar-refractivity contribution is -0.280. The molecule has 0 aromatic heterocycles. The molecule has 0 aromatic rings. The molecule has 334 valence electrons. The number of hydrogen-bond acceptors (Lipinski definition) is 8. The van der Waals surface area contributed by atoms with Crippen molar-refractivity contribution in [1.82, 2.24) is 15.5 Å². The van der Waals surface area contributed by atoms with Gasteiger partial charge in [-0.1, -0.05) is 174 Å². The number of aliphatic hydroxyl groups is 3. The number of amides is 3. The van der Waals surface area contributed by atoms with Gasteiger partial charge in [-0.2, -0.15) is 0 Å². The van der Waals surface area contributed by atoms with Gasteiger partial charge in [0.05, 0.1) is 25.8 Å². The van der Waals surface area contributed by atoms with E-state index in [1.807, 2.05) is 0 Å². The summed E-state index contributed by atoms with van der Waals surface area (Å²) in [4.78, 5) is 40.5. The lowest BCUT2D eigenvalue weighted by Gasteiger charge is -2.50. The second-order valence-corrected chi connectivity index (χ2v) is 16.6. The van der Waals surface area contributed by atoms with Gasteiger partial charge in [-0.3, -0.25) is 19.3 Å². The van der Waals surface area contributed by atoms with Crippen molar-refractivity contribution in [2.24, 2.45) is 5.73 Å². The molecule has 1 fully saturated rings. The molecular weight excluding hydrogens is 721 g/mol. The Labute approximate surface area is 348 Å². The summed E-state index contributed by atoms with van der Waals surface area (Å²) in [5.74, 6) is -3.17. The molecule has 0 radical (unpaired) electrons. The molecule has 1 aliphatic rings. The zero-order valence-electron chi connectivity index (χ0n) is 36.6. The van der Waals surface area contributed by atoms with Gasteiger partial charge in [0.2, 0.25) is 23.6 Å². The van der Waals surface area contributed by atoms with Crippen LogP contribution in [0.2, 0.25) is 0 Å². The van der Waals surface area contributed by atoms with Crippen LogP contribution in [0, 0.1) is 0 Å². The van der Waals surface area contributed by atoms with E-state index in [0.29, 0.717) is 12.8 Å². The molecule has 0 unspecified atom stereocenters. The average molecular weight is 809 g/mol. The highest BCUT2D eigenvalue weighted by molar-refractivity contribution is 5.86. The van der Waals surface area contributed by atoms with Crippen molar-refractivity contribution in [1.29, 1.82) is 0 Å². The van der Waals surface area contributed by atoms with Gasteiger partial charge in [0, 0.05) is 19.4 Å². The number of nitrogens with two attached hydrogens (primary N) is 1. The summed E-state index contributed by atoms with van der Waals surface area (Å²) < 4.78 is 6.17. The van der Waals surface area contributed by atoms with Gasteiger partial charge in [0.25, 0.3) is 0 Å².